The number of amides is 1. The van der Waals surface area contributed by atoms with E-state index >= 15 is 0 Å². The number of para-hydroxylation sites is 1. The Morgan fingerprint density at radius 3 is 3.00 bits per heavy atom. The van der Waals surface area contributed by atoms with Crippen molar-refractivity contribution in [3.63, 3.8) is 0 Å². The van der Waals surface area contributed by atoms with E-state index in [2.05, 4.69) is 10.4 Å². The molecule has 152 valence electrons. The summed E-state index contributed by atoms with van der Waals surface area (Å²) in [5, 5.41) is 8.68. The Hall–Kier alpha value is -2.42. The molecular weight excluding hydrogens is 414 g/mol. The summed E-state index contributed by atoms with van der Waals surface area (Å²) in [7, 11) is 0. The molecule has 0 radical (unpaired) electrons. The highest BCUT2D eigenvalue weighted by molar-refractivity contribution is 7.20. The van der Waals surface area contributed by atoms with Gasteiger partial charge in [0.05, 0.1) is 22.5 Å². The molecule has 1 amide bonds. The van der Waals surface area contributed by atoms with E-state index in [1.807, 2.05) is 25.1 Å². The van der Waals surface area contributed by atoms with Crippen LogP contribution in [-0.4, -0.2) is 47.5 Å². The number of benzene rings is 1. The Morgan fingerprint density at radius 2 is 2.24 bits per heavy atom. The molecule has 9 heteroatoms. The van der Waals surface area contributed by atoms with Crippen LogP contribution in [0, 0.1) is 6.92 Å². The quantitative estimate of drug-likeness (QED) is 0.601. The van der Waals surface area contributed by atoms with E-state index in [1.54, 1.807) is 16.8 Å². The number of carbonyl (C=O) groups excluding carboxylic acids is 2. The Kier molecular flexibility index (Phi) is 5.84. The summed E-state index contributed by atoms with van der Waals surface area (Å²) in [5.41, 5.74) is 1.52. The van der Waals surface area contributed by atoms with E-state index in [0.29, 0.717) is 16.4 Å². The maximum absolute atomic E-state index is 12.4. The smallest absolute Gasteiger partial charge is 0.348 e. The summed E-state index contributed by atoms with van der Waals surface area (Å²) in [5.74, 6) is -0.878. The van der Waals surface area contributed by atoms with E-state index in [1.165, 1.54) is 11.3 Å². The number of esters is 1. The fourth-order valence-corrected chi connectivity index (χ4v) is 4.51. The van der Waals surface area contributed by atoms with Gasteiger partial charge in [-0.3, -0.25) is 4.79 Å². The van der Waals surface area contributed by atoms with Crippen LogP contribution >= 0.6 is 22.9 Å². The van der Waals surface area contributed by atoms with Crippen LogP contribution in [0.25, 0.3) is 15.9 Å². The zero-order chi connectivity index (χ0) is 20.4. The van der Waals surface area contributed by atoms with Crippen LogP contribution < -0.4 is 5.32 Å². The molecule has 0 aliphatic carbocycles. The maximum atomic E-state index is 12.4. The second-order valence-corrected chi connectivity index (χ2v) is 8.23. The van der Waals surface area contributed by atoms with Crippen molar-refractivity contribution in [1.29, 1.82) is 0 Å². The van der Waals surface area contributed by atoms with Crippen LogP contribution in [-0.2, 0) is 14.3 Å². The van der Waals surface area contributed by atoms with Crippen LogP contribution in [0.3, 0.4) is 0 Å². The molecule has 1 atom stereocenters. The zero-order valence-corrected chi connectivity index (χ0v) is 17.4. The number of rotatable bonds is 6. The van der Waals surface area contributed by atoms with E-state index in [4.69, 9.17) is 21.1 Å². The number of halogens is 1. The third kappa shape index (κ3) is 4.29. The first-order chi connectivity index (χ1) is 14.0. The highest BCUT2D eigenvalue weighted by atomic mass is 35.5. The number of nitrogens with one attached hydrogen (secondary N) is 1. The van der Waals surface area contributed by atoms with E-state index in [-0.39, 0.29) is 18.6 Å². The van der Waals surface area contributed by atoms with Gasteiger partial charge in [-0.25, -0.2) is 9.48 Å². The monoisotopic (exact) mass is 433 g/mol. The predicted octanol–water partition coefficient (Wildman–Crippen LogP) is 3.50. The number of aryl methyl sites for hydroxylation is 1. The van der Waals surface area contributed by atoms with Crippen LogP contribution in [0.2, 0.25) is 5.02 Å². The van der Waals surface area contributed by atoms with Gasteiger partial charge >= 0.3 is 5.97 Å². The number of ether oxygens (including phenoxy) is 2. The van der Waals surface area contributed by atoms with Gasteiger partial charge in [-0.15, -0.1) is 11.3 Å². The van der Waals surface area contributed by atoms with Gasteiger partial charge < -0.3 is 14.8 Å². The fraction of sp³-hybridized carbons (Fsp3) is 0.350. The summed E-state index contributed by atoms with van der Waals surface area (Å²) in [6, 6.07) is 9.12. The van der Waals surface area contributed by atoms with Crippen molar-refractivity contribution < 1.29 is 19.1 Å². The molecule has 2 aromatic heterocycles. The molecule has 0 saturated carbocycles. The van der Waals surface area contributed by atoms with E-state index < -0.39 is 5.97 Å². The minimum Gasteiger partial charge on any atom is -0.451 e. The molecule has 1 aliphatic rings. The first kappa shape index (κ1) is 19.9. The first-order valence-corrected chi connectivity index (χ1v) is 10.5. The SMILES string of the molecule is Cc1nn(-c2ccccc2Cl)c2sc(C(=O)OCC(=O)NC[C@H]3CCCO3)cc12. The van der Waals surface area contributed by atoms with Crippen LogP contribution in [0.4, 0.5) is 0 Å². The molecule has 1 fully saturated rings. The van der Waals surface area contributed by atoms with Gasteiger partial charge in [0.25, 0.3) is 5.91 Å². The number of aromatic nitrogens is 2. The van der Waals surface area contributed by atoms with Gasteiger partial charge in [-0.05, 0) is 38.0 Å². The normalized spacial score (nSPS) is 16.3. The van der Waals surface area contributed by atoms with Gasteiger partial charge in [-0.2, -0.15) is 5.10 Å². The van der Waals surface area contributed by atoms with Crippen LogP contribution in [0.1, 0.15) is 28.2 Å². The van der Waals surface area contributed by atoms with Crippen molar-refractivity contribution >= 4 is 45.0 Å². The number of fused-ring (bicyclic) bond motifs is 1. The topological polar surface area (TPSA) is 82.5 Å². The largest absolute Gasteiger partial charge is 0.451 e. The Morgan fingerprint density at radius 1 is 1.41 bits per heavy atom. The van der Waals surface area contributed by atoms with Crippen molar-refractivity contribution in [1.82, 2.24) is 15.1 Å². The molecule has 3 heterocycles. The number of hydrogen-bond acceptors (Lipinski definition) is 6. The standard InChI is InChI=1S/C20H20ClN3O4S/c1-12-14-9-17(20(26)28-11-18(25)22-10-13-5-4-8-27-13)29-19(14)24(23-12)16-7-3-2-6-15(16)21/h2-3,6-7,9,13H,4-5,8,10-11H2,1H3,(H,22,25)/t13-/m1/s1. The third-order valence-corrected chi connectivity index (χ3v) is 6.12. The van der Waals surface area contributed by atoms with Gasteiger partial charge in [0.1, 0.15) is 9.71 Å². The second-order valence-electron chi connectivity index (χ2n) is 6.79. The van der Waals surface area contributed by atoms with Crippen molar-refractivity contribution in [3.8, 4) is 5.69 Å². The molecule has 0 spiro atoms. The van der Waals surface area contributed by atoms with Crippen molar-refractivity contribution in [3.05, 3.63) is 45.9 Å². The van der Waals surface area contributed by atoms with Gasteiger partial charge in [0.2, 0.25) is 0 Å². The van der Waals surface area contributed by atoms with Gasteiger partial charge in [-0.1, -0.05) is 23.7 Å². The van der Waals surface area contributed by atoms with Crippen molar-refractivity contribution in [2.24, 2.45) is 0 Å². The predicted molar refractivity (Wildman–Crippen MR) is 111 cm³/mol. The lowest BCUT2D eigenvalue weighted by molar-refractivity contribution is -0.124. The maximum Gasteiger partial charge on any atom is 0.348 e. The highest BCUT2D eigenvalue weighted by Crippen LogP contribution is 2.32. The third-order valence-electron chi connectivity index (χ3n) is 4.71. The number of nitrogens with zero attached hydrogens (tertiary/aromatic N) is 2. The molecule has 0 unspecified atom stereocenters. The lowest BCUT2D eigenvalue weighted by atomic mass is 10.2. The number of hydrogen-bond donors (Lipinski definition) is 1. The molecule has 29 heavy (non-hydrogen) atoms. The van der Waals surface area contributed by atoms with Crippen molar-refractivity contribution in [2.45, 2.75) is 25.9 Å². The fourth-order valence-electron chi connectivity index (χ4n) is 3.22. The lowest BCUT2D eigenvalue weighted by Gasteiger charge is -2.10. The molecular formula is C20H20ClN3O4S. The van der Waals surface area contributed by atoms with E-state index in [9.17, 15) is 9.59 Å². The molecule has 1 saturated heterocycles. The zero-order valence-electron chi connectivity index (χ0n) is 15.8. The summed E-state index contributed by atoms with van der Waals surface area (Å²) in [4.78, 5) is 25.6. The summed E-state index contributed by atoms with van der Waals surface area (Å²) in [6.07, 6.45) is 1.99. The minimum absolute atomic E-state index is 0.0491. The van der Waals surface area contributed by atoms with E-state index in [0.717, 1.165) is 41.0 Å². The Balaban J connectivity index is 1.44. The molecule has 1 N–H and O–H groups in total. The summed E-state index contributed by atoms with van der Waals surface area (Å²) in [6.45, 7) is 2.71. The number of carbonyl (C=O) groups is 2. The lowest BCUT2D eigenvalue weighted by Crippen LogP contribution is -2.34. The summed E-state index contributed by atoms with van der Waals surface area (Å²) < 4.78 is 12.4. The van der Waals surface area contributed by atoms with Gasteiger partial charge in [0, 0.05) is 18.5 Å². The average molecular weight is 434 g/mol. The highest BCUT2D eigenvalue weighted by Gasteiger charge is 2.20. The molecule has 7 nitrogen and oxygen atoms in total. The molecule has 1 aromatic carbocycles. The van der Waals surface area contributed by atoms with Crippen LogP contribution in [0.15, 0.2) is 30.3 Å². The van der Waals surface area contributed by atoms with Crippen molar-refractivity contribution in [2.75, 3.05) is 19.8 Å². The second kappa shape index (κ2) is 8.52. The molecule has 4 rings (SSSR count). The molecule has 1 aliphatic heterocycles. The molecule has 0 bridgehead atoms. The first-order valence-electron chi connectivity index (χ1n) is 9.32. The summed E-state index contributed by atoms with van der Waals surface area (Å²) >= 11 is 7.56. The van der Waals surface area contributed by atoms with Crippen LogP contribution in [0.5, 0.6) is 0 Å². The Bertz CT molecular complexity index is 1060. The average Bonchev–Trinajstić information content (AvgIpc) is 3.44. The number of thiophene rings is 1. The van der Waals surface area contributed by atoms with Gasteiger partial charge in [0.15, 0.2) is 6.61 Å². The Labute approximate surface area is 176 Å². The minimum atomic E-state index is -0.538. The molecule has 3 aromatic rings.